The van der Waals surface area contributed by atoms with Gasteiger partial charge < -0.3 is 9.84 Å². The molecule has 1 rings (SSSR count). The predicted molar refractivity (Wildman–Crippen MR) is 39.9 cm³/mol. The summed E-state index contributed by atoms with van der Waals surface area (Å²) in [5, 5.41) is 9.30. The Balaban J connectivity index is 2.42. The molecule has 1 aliphatic heterocycles. The molecule has 1 N–H and O–H groups in total. The first-order chi connectivity index (χ1) is 5.24. The van der Waals surface area contributed by atoms with E-state index in [2.05, 4.69) is 0 Å². The number of carbonyl (C=O) groups is 1. The van der Waals surface area contributed by atoms with Gasteiger partial charge in [-0.05, 0) is 13.3 Å². The number of cyclic esters (lactones) is 1. The van der Waals surface area contributed by atoms with Crippen molar-refractivity contribution in [2.24, 2.45) is 0 Å². The molecule has 0 radical (unpaired) electrons. The Morgan fingerprint density at radius 3 is 3.00 bits per heavy atom. The van der Waals surface area contributed by atoms with Crippen LogP contribution in [0.15, 0.2) is 12.2 Å². The number of esters is 1. The number of carbonyl (C=O) groups excluding carboxylic acids is 1. The fourth-order valence-electron chi connectivity index (χ4n) is 1.11. The van der Waals surface area contributed by atoms with Gasteiger partial charge in [-0.25, -0.2) is 0 Å². The van der Waals surface area contributed by atoms with Crippen molar-refractivity contribution in [3.05, 3.63) is 12.2 Å². The van der Waals surface area contributed by atoms with Crippen molar-refractivity contribution in [3.8, 4) is 0 Å². The maximum Gasteiger partial charge on any atom is 0.306 e. The lowest BCUT2D eigenvalue weighted by Gasteiger charge is -2.12. The van der Waals surface area contributed by atoms with E-state index in [1.54, 1.807) is 12.2 Å². The first-order valence-electron chi connectivity index (χ1n) is 3.74. The van der Waals surface area contributed by atoms with Crippen LogP contribution in [0.1, 0.15) is 19.8 Å². The van der Waals surface area contributed by atoms with Gasteiger partial charge in [-0.3, -0.25) is 4.79 Å². The standard InChI is InChI=1S/C8H12O3/c1-2-3-6(9)7-4-5-8(10)11-7/h2-3,6-7,9H,4-5H2,1H3/b3-2+/t6-,7?/m0/s1. The van der Waals surface area contributed by atoms with Crippen molar-refractivity contribution in [3.63, 3.8) is 0 Å². The molecule has 0 aromatic heterocycles. The Morgan fingerprint density at radius 2 is 2.55 bits per heavy atom. The van der Waals surface area contributed by atoms with Gasteiger partial charge in [0.25, 0.3) is 0 Å². The molecule has 1 aliphatic rings. The van der Waals surface area contributed by atoms with Gasteiger partial charge in [0.05, 0.1) is 0 Å². The second-order valence-electron chi connectivity index (χ2n) is 2.58. The Morgan fingerprint density at radius 1 is 1.82 bits per heavy atom. The van der Waals surface area contributed by atoms with Crippen molar-refractivity contribution in [1.82, 2.24) is 0 Å². The highest BCUT2D eigenvalue weighted by atomic mass is 16.6. The van der Waals surface area contributed by atoms with Crippen LogP contribution in [0.4, 0.5) is 0 Å². The van der Waals surface area contributed by atoms with Crippen LogP contribution < -0.4 is 0 Å². The molecule has 1 saturated heterocycles. The van der Waals surface area contributed by atoms with Gasteiger partial charge in [-0.1, -0.05) is 12.2 Å². The van der Waals surface area contributed by atoms with E-state index in [9.17, 15) is 9.90 Å². The van der Waals surface area contributed by atoms with Gasteiger partial charge in [0.15, 0.2) is 0 Å². The molecule has 0 bridgehead atoms. The smallest absolute Gasteiger partial charge is 0.306 e. The number of hydrogen-bond donors (Lipinski definition) is 1. The lowest BCUT2D eigenvalue weighted by Crippen LogP contribution is -2.23. The molecule has 1 heterocycles. The summed E-state index contributed by atoms with van der Waals surface area (Å²) in [6, 6.07) is 0. The Hall–Kier alpha value is -0.830. The number of aliphatic hydroxyl groups excluding tert-OH is 1. The Bertz CT molecular complexity index is 174. The highest BCUT2D eigenvalue weighted by Gasteiger charge is 2.27. The maximum absolute atomic E-state index is 10.6. The average molecular weight is 156 g/mol. The van der Waals surface area contributed by atoms with Crippen LogP contribution in [-0.4, -0.2) is 23.3 Å². The zero-order valence-corrected chi connectivity index (χ0v) is 6.49. The molecule has 0 spiro atoms. The number of aliphatic hydroxyl groups is 1. The fourth-order valence-corrected chi connectivity index (χ4v) is 1.11. The summed E-state index contributed by atoms with van der Waals surface area (Å²) in [5.74, 6) is -0.210. The normalized spacial score (nSPS) is 27.5. The molecule has 1 unspecified atom stereocenters. The van der Waals surface area contributed by atoms with Crippen molar-refractivity contribution in [2.45, 2.75) is 32.0 Å². The summed E-state index contributed by atoms with van der Waals surface area (Å²) in [6.45, 7) is 1.82. The third-order valence-corrected chi connectivity index (χ3v) is 1.69. The second kappa shape index (κ2) is 3.53. The number of ether oxygens (including phenoxy) is 1. The van der Waals surface area contributed by atoms with E-state index < -0.39 is 6.10 Å². The van der Waals surface area contributed by atoms with Crippen LogP contribution in [0, 0.1) is 0 Å². The summed E-state index contributed by atoms with van der Waals surface area (Å²) in [7, 11) is 0. The van der Waals surface area contributed by atoms with Crippen molar-refractivity contribution < 1.29 is 14.6 Å². The van der Waals surface area contributed by atoms with E-state index in [0.29, 0.717) is 12.8 Å². The second-order valence-corrected chi connectivity index (χ2v) is 2.58. The zero-order chi connectivity index (χ0) is 8.27. The monoisotopic (exact) mass is 156 g/mol. The first-order valence-corrected chi connectivity index (χ1v) is 3.74. The first kappa shape index (κ1) is 8.27. The van der Waals surface area contributed by atoms with E-state index in [1.807, 2.05) is 6.92 Å². The predicted octanol–water partition coefficient (Wildman–Crippen LogP) is 0.629. The quantitative estimate of drug-likeness (QED) is 0.471. The lowest BCUT2D eigenvalue weighted by molar-refractivity contribution is -0.144. The molecule has 11 heavy (non-hydrogen) atoms. The van der Waals surface area contributed by atoms with E-state index in [0.717, 1.165) is 0 Å². The van der Waals surface area contributed by atoms with Crippen LogP contribution in [-0.2, 0) is 9.53 Å². The summed E-state index contributed by atoms with van der Waals surface area (Å²) in [4.78, 5) is 10.6. The molecule has 0 aromatic rings. The minimum Gasteiger partial charge on any atom is -0.459 e. The third-order valence-electron chi connectivity index (χ3n) is 1.69. The van der Waals surface area contributed by atoms with Gasteiger partial charge in [-0.15, -0.1) is 0 Å². The molecular weight excluding hydrogens is 144 g/mol. The highest BCUT2D eigenvalue weighted by molar-refractivity contribution is 5.71. The number of hydrogen-bond acceptors (Lipinski definition) is 3. The molecule has 0 amide bonds. The molecule has 2 atom stereocenters. The molecule has 62 valence electrons. The summed E-state index contributed by atoms with van der Waals surface area (Å²) in [6.07, 6.45) is 3.48. The summed E-state index contributed by atoms with van der Waals surface area (Å²) in [5.41, 5.74) is 0. The van der Waals surface area contributed by atoms with E-state index in [1.165, 1.54) is 0 Å². The van der Waals surface area contributed by atoms with Crippen LogP contribution in [0.25, 0.3) is 0 Å². The van der Waals surface area contributed by atoms with Gasteiger partial charge in [-0.2, -0.15) is 0 Å². The lowest BCUT2D eigenvalue weighted by atomic mass is 10.1. The zero-order valence-electron chi connectivity index (χ0n) is 6.49. The van der Waals surface area contributed by atoms with Gasteiger partial charge in [0, 0.05) is 6.42 Å². The minimum atomic E-state index is -0.633. The van der Waals surface area contributed by atoms with Gasteiger partial charge in [0.2, 0.25) is 0 Å². The average Bonchev–Trinajstić information content (AvgIpc) is 2.36. The van der Waals surface area contributed by atoms with Gasteiger partial charge in [0.1, 0.15) is 12.2 Å². The molecule has 0 saturated carbocycles. The fraction of sp³-hybridized carbons (Fsp3) is 0.625. The summed E-state index contributed by atoms with van der Waals surface area (Å²) < 4.78 is 4.84. The van der Waals surface area contributed by atoms with Crippen LogP contribution >= 0.6 is 0 Å². The van der Waals surface area contributed by atoms with Crippen LogP contribution in [0.5, 0.6) is 0 Å². The topological polar surface area (TPSA) is 46.5 Å². The van der Waals surface area contributed by atoms with Crippen molar-refractivity contribution in [2.75, 3.05) is 0 Å². The van der Waals surface area contributed by atoms with E-state index in [-0.39, 0.29) is 12.1 Å². The minimum absolute atomic E-state index is 0.210. The van der Waals surface area contributed by atoms with Crippen molar-refractivity contribution in [1.29, 1.82) is 0 Å². The third kappa shape index (κ3) is 2.05. The number of allylic oxidation sites excluding steroid dienone is 1. The van der Waals surface area contributed by atoms with E-state index in [4.69, 9.17) is 4.74 Å². The Labute approximate surface area is 65.7 Å². The molecule has 3 nitrogen and oxygen atoms in total. The van der Waals surface area contributed by atoms with Gasteiger partial charge >= 0.3 is 5.97 Å². The van der Waals surface area contributed by atoms with E-state index >= 15 is 0 Å². The largest absolute Gasteiger partial charge is 0.459 e. The maximum atomic E-state index is 10.6. The molecule has 1 fully saturated rings. The summed E-state index contributed by atoms with van der Waals surface area (Å²) >= 11 is 0. The highest BCUT2D eigenvalue weighted by Crippen LogP contribution is 2.17. The van der Waals surface area contributed by atoms with Crippen LogP contribution in [0.2, 0.25) is 0 Å². The van der Waals surface area contributed by atoms with Crippen LogP contribution in [0.3, 0.4) is 0 Å². The number of rotatable bonds is 2. The Kier molecular flexibility index (Phi) is 2.65. The molecule has 0 aliphatic carbocycles. The molecule has 3 heteroatoms. The molecule has 0 aromatic carbocycles. The SMILES string of the molecule is C/C=C/[C@H](O)C1CCC(=O)O1. The molecular formula is C8H12O3. The van der Waals surface area contributed by atoms with Crippen molar-refractivity contribution >= 4 is 5.97 Å².